The summed E-state index contributed by atoms with van der Waals surface area (Å²) in [7, 11) is 0. The molecule has 0 fully saturated rings. The van der Waals surface area contributed by atoms with Gasteiger partial charge in [-0.1, -0.05) is 6.92 Å². The number of aromatic nitrogens is 2. The second-order valence-electron chi connectivity index (χ2n) is 5.95. The lowest BCUT2D eigenvalue weighted by Gasteiger charge is -2.37. The summed E-state index contributed by atoms with van der Waals surface area (Å²) >= 11 is 0. The molecule has 3 rings (SSSR count). The molecule has 6 nitrogen and oxygen atoms in total. The summed E-state index contributed by atoms with van der Waals surface area (Å²) in [4.78, 5) is 28.3. The Balaban J connectivity index is 2.00. The number of hydrogen-bond donors (Lipinski definition) is 0. The summed E-state index contributed by atoms with van der Waals surface area (Å²) in [6.45, 7) is 6.22. The predicted octanol–water partition coefficient (Wildman–Crippen LogP) is 2.28. The molecule has 0 N–H and O–H groups in total. The monoisotopic (exact) mass is 344 g/mol. The first kappa shape index (κ1) is 17.1. The zero-order valence-corrected chi connectivity index (χ0v) is 14.4. The van der Waals surface area contributed by atoms with Crippen LogP contribution in [0.15, 0.2) is 35.1 Å². The minimum absolute atomic E-state index is 0.181. The Hall–Kier alpha value is -2.70. The van der Waals surface area contributed by atoms with E-state index in [1.165, 1.54) is 33.8 Å². The Morgan fingerprint density at radius 1 is 1.16 bits per heavy atom. The van der Waals surface area contributed by atoms with Crippen molar-refractivity contribution in [1.29, 1.82) is 0 Å². The quantitative estimate of drug-likeness (QED) is 0.854. The number of rotatable bonds is 4. The van der Waals surface area contributed by atoms with Gasteiger partial charge in [-0.3, -0.25) is 9.59 Å². The maximum Gasteiger partial charge on any atom is 0.278 e. The van der Waals surface area contributed by atoms with Gasteiger partial charge in [0.05, 0.1) is 11.4 Å². The number of halogens is 1. The summed E-state index contributed by atoms with van der Waals surface area (Å²) < 4.78 is 15.0. The van der Waals surface area contributed by atoms with E-state index in [-0.39, 0.29) is 23.0 Å². The Labute approximate surface area is 145 Å². The van der Waals surface area contributed by atoms with E-state index in [2.05, 4.69) is 16.9 Å². The normalized spacial score (nSPS) is 13.7. The fourth-order valence-electron chi connectivity index (χ4n) is 3.08. The number of benzene rings is 1. The van der Waals surface area contributed by atoms with Crippen molar-refractivity contribution < 1.29 is 9.18 Å². The second-order valence-corrected chi connectivity index (χ2v) is 5.95. The van der Waals surface area contributed by atoms with Crippen LogP contribution in [0, 0.1) is 5.82 Å². The summed E-state index contributed by atoms with van der Waals surface area (Å²) in [5.41, 5.74) is 1.31. The van der Waals surface area contributed by atoms with Crippen LogP contribution in [-0.2, 0) is 6.54 Å². The van der Waals surface area contributed by atoms with Gasteiger partial charge in [0.2, 0.25) is 0 Å². The molecule has 1 aliphatic rings. The Kier molecular flexibility index (Phi) is 4.83. The Morgan fingerprint density at radius 3 is 2.68 bits per heavy atom. The first-order chi connectivity index (χ1) is 12.0. The lowest BCUT2D eigenvalue weighted by Crippen LogP contribution is -2.45. The zero-order valence-electron chi connectivity index (χ0n) is 14.4. The highest BCUT2D eigenvalue weighted by Crippen LogP contribution is 2.34. The van der Waals surface area contributed by atoms with Crippen molar-refractivity contribution >= 4 is 17.3 Å². The molecule has 1 amide bonds. The molecule has 25 heavy (non-hydrogen) atoms. The number of carbonyl (C=O) groups is 1. The van der Waals surface area contributed by atoms with Crippen LogP contribution >= 0.6 is 0 Å². The SMILES string of the molecule is CCCN1CCN(C(=O)c2ccc(=O)n(CC)n2)c2cc(F)ccc21. The third-order valence-corrected chi connectivity index (χ3v) is 4.29. The van der Waals surface area contributed by atoms with Gasteiger partial charge in [0.25, 0.3) is 11.5 Å². The molecule has 1 aromatic heterocycles. The third kappa shape index (κ3) is 3.26. The van der Waals surface area contributed by atoms with Crippen molar-refractivity contribution in [2.75, 3.05) is 29.4 Å². The number of nitrogens with zero attached hydrogens (tertiary/aromatic N) is 4. The van der Waals surface area contributed by atoms with Gasteiger partial charge in [-0.05, 0) is 37.6 Å². The van der Waals surface area contributed by atoms with Gasteiger partial charge >= 0.3 is 0 Å². The fourth-order valence-corrected chi connectivity index (χ4v) is 3.08. The average Bonchev–Trinajstić information content (AvgIpc) is 2.62. The lowest BCUT2D eigenvalue weighted by atomic mass is 10.1. The molecule has 0 saturated heterocycles. The Bertz CT molecular complexity index is 849. The third-order valence-electron chi connectivity index (χ3n) is 4.29. The van der Waals surface area contributed by atoms with Gasteiger partial charge in [0, 0.05) is 32.2 Å². The van der Waals surface area contributed by atoms with Crippen molar-refractivity contribution in [2.24, 2.45) is 0 Å². The van der Waals surface area contributed by atoms with Gasteiger partial charge in [0.15, 0.2) is 0 Å². The molecule has 0 bridgehead atoms. The molecule has 0 atom stereocenters. The molecule has 0 unspecified atom stereocenters. The van der Waals surface area contributed by atoms with Gasteiger partial charge in [0.1, 0.15) is 11.5 Å². The van der Waals surface area contributed by atoms with E-state index in [0.29, 0.717) is 25.3 Å². The number of hydrogen-bond acceptors (Lipinski definition) is 4. The lowest BCUT2D eigenvalue weighted by molar-refractivity contribution is 0.0979. The number of aryl methyl sites for hydroxylation is 1. The van der Waals surface area contributed by atoms with E-state index >= 15 is 0 Å². The van der Waals surface area contributed by atoms with Crippen LogP contribution in [0.1, 0.15) is 30.8 Å². The van der Waals surface area contributed by atoms with Gasteiger partial charge in [-0.15, -0.1) is 0 Å². The van der Waals surface area contributed by atoms with Crippen molar-refractivity contribution in [3.8, 4) is 0 Å². The number of amides is 1. The fraction of sp³-hybridized carbons (Fsp3) is 0.389. The van der Waals surface area contributed by atoms with Crippen molar-refractivity contribution in [2.45, 2.75) is 26.8 Å². The molecule has 7 heteroatoms. The molecule has 2 aromatic rings. The minimum Gasteiger partial charge on any atom is -0.368 e. The predicted molar refractivity (Wildman–Crippen MR) is 94.8 cm³/mol. The zero-order chi connectivity index (χ0) is 18.0. The van der Waals surface area contributed by atoms with Gasteiger partial charge in [-0.25, -0.2) is 9.07 Å². The van der Waals surface area contributed by atoms with Crippen LogP contribution in [0.5, 0.6) is 0 Å². The largest absolute Gasteiger partial charge is 0.368 e. The van der Waals surface area contributed by atoms with E-state index in [1.807, 2.05) is 0 Å². The molecule has 1 aliphatic heterocycles. The number of carbonyl (C=O) groups excluding carboxylic acids is 1. The first-order valence-corrected chi connectivity index (χ1v) is 8.49. The number of anilines is 2. The van der Waals surface area contributed by atoms with Crippen molar-refractivity contribution in [3.63, 3.8) is 0 Å². The molecule has 0 spiro atoms. The molecular weight excluding hydrogens is 323 g/mol. The standard InChI is InChI=1S/C18H21FN4O2/c1-3-9-21-10-11-22(16-12-13(19)5-7-15(16)21)18(25)14-6-8-17(24)23(4-2)20-14/h5-8,12H,3-4,9-11H2,1-2H3. The smallest absolute Gasteiger partial charge is 0.278 e. The number of fused-ring (bicyclic) bond motifs is 1. The van der Waals surface area contributed by atoms with E-state index in [9.17, 15) is 14.0 Å². The molecule has 0 saturated carbocycles. The maximum absolute atomic E-state index is 13.8. The van der Waals surface area contributed by atoms with Crippen molar-refractivity contribution in [1.82, 2.24) is 9.78 Å². The van der Waals surface area contributed by atoms with E-state index < -0.39 is 0 Å². The van der Waals surface area contributed by atoms with Crippen LogP contribution in [0.25, 0.3) is 0 Å². The highest BCUT2D eigenvalue weighted by molar-refractivity contribution is 6.07. The summed E-state index contributed by atoms with van der Waals surface area (Å²) in [6, 6.07) is 7.26. The summed E-state index contributed by atoms with van der Waals surface area (Å²) in [5, 5.41) is 4.12. The van der Waals surface area contributed by atoms with E-state index in [4.69, 9.17) is 0 Å². The van der Waals surface area contributed by atoms with Crippen LogP contribution in [0.3, 0.4) is 0 Å². The van der Waals surface area contributed by atoms with Crippen LogP contribution in [0.4, 0.5) is 15.8 Å². The molecule has 1 aromatic carbocycles. The summed E-state index contributed by atoms with van der Waals surface area (Å²) in [6.07, 6.45) is 0.966. The molecule has 0 aliphatic carbocycles. The van der Waals surface area contributed by atoms with Gasteiger partial charge < -0.3 is 9.80 Å². The maximum atomic E-state index is 13.8. The second kappa shape index (κ2) is 7.04. The average molecular weight is 344 g/mol. The highest BCUT2D eigenvalue weighted by Gasteiger charge is 2.28. The van der Waals surface area contributed by atoms with Crippen LogP contribution < -0.4 is 15.4 Å². The Morgan fingerprint density at radius 2 is 1.96 bits per heavy atom. The molecule has 0 radical (unpaired) electrons. The van der Waals surface area contributed by atoms with Gasteiger partial charge in [-0.2, -0.15) is 5.10 Å². The van der Waals surface area contributed by atoms with Crippen molar-refractivity contribution in [3.05, 3.63) is 52.2 Å². The minimum atomic E-state index is -0.388. The highest BCUT2D eigenvalue weighted by atomic mass is 19.1. The topological polar surface area (TPSA) is 58.4 Å². The molecule has 132 valence electrons. The summed E-state index contributed by atoms with van der Waals surface area (Å²) in [5.74, 6) is -0.716. The first-order valence-electron chi connectivity index (χ1n) is 8.49. The van der Waals surface area contributed by atoms with E-state index in [0.717, 1.165) is 18.7 Å². The van der Waals surface area contributed by atoms with Crippen LogP contribution in [-0.4, -0.2) is 35.3 Å². The molecule has 2 heterocycles. The van der Waals surface area contributed by atoms with E-state index in [1.54, 1.807) is 13.0 Å². The molecular formula is C18H21FN4O2. The van der Waals surface area contributed by atoms with Crippen LogP contribution in [0.2, 0.25) is 0 Å².